The molecular weight excluding hydrogens is 324 g/mol. The number of nitrogens with zero attached hydrogens (tertiary/aromatic N) is 3. The Morgan fingerprint density at radius 1 is 1.32 bits per heavy atom. The highest BCUT2D eigenvalue weighted by Gasteiger charge is 2.15. The third-order valence-corrected chi connectivity index (χ3v) is 3.92. The largest absolute Gasteiger partial charge is 0.497 e. The van der Waals surface area contributed by atoms with Gasteiger partial charge in [0.05, 0.1) is 26.7 Å². The number of nitrogens with one attached hydrogen (secondary N) is 1. The summed E-state index contributed by atoms with van der Waals surface area (Å²) in [7, 11) is 5.07. The molecule has 1 N–H and O–H groups in total. The highest BCUT2D eigenvalue weighted by molar-refractivity contribution is 5.98. The highest BCUT2D eigenvalue weighted by Crippen LogP contribution is 2.23. The first-order valence-electron chi connectivity index (χ1n) is 7.84. The summed E-state index contributed by atoms with van der Waals surface area (Å²) < 4.78 is 17.1. The number of fused-ring (bicyclic) bond motifs is 1. The van der Waals surface area contributed by atoms with Crippen LogP contribution in [0.5, 0.6) is 5.75 Å². The fourth-order valence-electron chi connectivity index (χ4n) is 2.58. The van der Waals surface area contributed by atoms with E-state index in [0.717, 1.165) is 16.7 Å². The van der Waals surface area contributed by atoms with Gasteiger partial charge in [0, 0.05) is 25.1 Å². The summed E-state index contributed by atoms with van der Waals surface area (Å²) in [6.07, 6.45) is 0.544. The molecule has 25 heavy (non-hydrogen) atoms. The quantitative estimate of drug-likeness (QED) is 0.701. The van der Waals surface area contributed by atoms with E-state index in [4.69, 9.17) is 14.0 Å². The molecule has 0 atom stereocenters. The smallest absolute Gasteiger partial charge is 0.268 e. The van der Waals surface area contributed by atoms with Gasteiger partial charge in [-0.1, -0.05) is 5.16 Å². The van der Waals surface area contributed by atoms with Crippen LogP contribution >= 0.6 is 0 Å². The Labute approximate surface area is 144 Å². The van der Waals surface area contributed by atoms with E-state index in [1.165, 1.54) is 0 Å². The van der Waals surface area contributed by atoms with E-state index in [1.54, 1.807) is 14.2 Å². The van der Waals surface area contributed by atoms with Gasteiger partial charge in [-0.25, -0.2) is 0 Å². The standard InChI is InChI=1S/C17H20N4O4/c1-21-13-5-4-12(24-3)8-11(13)9-14(21)17(22)18-10-15-19-16(25-20-15)6-7-23-2/h4-5,8-9H,6-7,10H2,1-3H3,(H,18,22). The minimum absolute atomic E-state index is 0.195. The third-order valence-electron chi connectivity index (χ3n) is 3.92. The fraction of sp³-hybridized carbons (Fsp3) is 0.353. The van der Waals surface area contributed by atoms with Crippen LogP contribution in [0.3, 0.4) is 0 Å². The van der Waals surface area contributed by atoms with Crippen LogP contribution in [0.2, 0.25) is 0 Å². The van der Waals surface area contributed by atoms with Crippen LogP contribution in [0.15, 0.2) is 28.8 Å². The molecule has 0 aliphatic carbocycles. The summed E-state index contributed by atoms with van der Waals surface area (Å²) in [4.78, 5) is 16.7. The molecule has 3 aromatic rings. The molecule has 0 bridgehead atoms. The van der Waals surface area contributed by atoms with Gasteiger partial charge in [-0.15, -0.1) is 0 Å². The molecule has 0 fully saturated rings. The molecule has 1 amide bonds. The molecular formula is C17H20N4O4. The molecule has 2 heterocycles. The summed E-state index contributed by atoms with van der Waals surface area (Å²) in [6, 6.07) is 7.51. The Hall–Kier alpha value is -2.87. The van der Waals surface area contributed by atoms with Crippen molar-refractivity contribution in [1.29, 1.82) is 0 Å². The van der Waals surface area contributed by atoms with E-state index in [1.807, 2.05) is 35.9 Å². The van der Waals surface area contributed by atoms with Crippen molar-refractivity contribution < 1.29 is 18.8 Å². The highest BCUT2D eigenvalue weighted by atomic mass is 16.5. The Kier molecular flexibility index (Phi) is 4.99. The Morgan fingerprint density at radius 3 is 2.92 bits per heavy atom. The monoisotopic (exact) mass is 344 g/mol. The fourth-order valence-corrected chi connectivity index (χ4v) is 2.58. The summed E-state index contributed by atoms with van der Waals surface area (Å²) in [5.74, 6) is 1.46. The molecule has 0 saturated heterocycles. The van der Waals surface area contributed by atoms with Gasteiger partial charge in [0.1, 0.15) is 11.4 Å². The zero-order chi connectivity index (χ0) is 17.8. The van der Waals surface area contributed by atoms with Crippen LogP contribution < -0.4 is 10.1 Å². The maximum atomic E-state index is 12.5. The van der Waals surface area contributed by atoms with Gasteiger partial charge in [0.2, 0.25) is 5.89 Å². The van der Waals surface area contributed by atoms with Gasteiger partial charge >= 0.3 is 0 Å². The van der Waals surface area contributed by atoms with E-state index < -0.39 is 0 Å². The van der Waals surface area contributed by atoms with Crippen LogP contribution in [0.4, 0.5) is 0 Å². The van der Waals surface area contributed by atoms with Crippen LogP contribution in [-0.2, 0) is 24.8 Å². The van der Waals surface area contributed by atoms with Crippen molar-refractivity contribution in [3.05, 3.63) is 41.7 Å². The number of carbonyl (C=O) groups excluding carboxylic acids is 1. The van der Waals surface area contributed by atoms with Crippen LogP contribution in [0, 0.1) is 0 Å². The molecule has 0 saturated carbocycles. The molecule has 0 aliphatic heterocycles. The van der Waals surface area contributed by atoms with Crippen LogP contribution in [0.1, 0.15) is 22.2 Å². The molecule has 3 rings (SSSR count). The first kappa shape index (κ1) is 17.0. The van der Waals surface area contributed by atoms with E-state index in [-0.39, 0.29) is 12.5 Å². The first-order chi connectivity index (χ1) is 12.1. The maximum absolute atomic E-state index is 12.5. The van der Waals surface area contributed by atoms with Crippen LogP contribution in [-0.4, -0.2) is 41.4 Å². The number of aromatic nitrogens is 3. The second-order valence-electron chi connectivity index (χ2n) is 5.54. The number of carbonyl (C=O) groups is 1. The van der Waals surface area contributed by atoms with E-state index in [9.17, 15) is 4.79 Å². The molecule has 0 aliphatic rings. The molecule has 132 valence electrons. The Morgan fingerprint density at radius 2 is 2.16 bits per heavy atom. The van der Waals surface area contributed by atoms with Gasteiger partial charge in [-0.05, 0) is 24.3 Å². The van der Waals surface area contributed by atoms with Crippen molar-refractivity contribution >= 4 is 16.8 Å². The zero-order valence-electron chi connectivity index (χ0n) is 14.4. The third kappa shape index (κ3) is 3.63. The summed E-state index contributed by atoms with van der Waals surface area (Å²) in [5, 5.41) is 7.59. The number of hydrogen-bond donors (Lipinski definition) is 1. The Balaban J connectivity index is 1.69. The maximum Gasteiger partial charge on any atom is 0.268 e. The van der Waals surface area contributed by atoms with Gasteiger partial charge in [-0.3, -0.25) is 4.79 Å². The first-order valence-corrected chi connectivity index (χ1v) is 7.84. The number of ether oxygens (including phenoxy) is 2. The van der Waals surface area contributed by atoms with Crippen molar-refractivity contribution in [1.82, 2.24) is 20.0 Å². The van der Waals surface area contributed by atoms with Crippen molar-refractivity contribution in [3.8, 4) is 5.75 Å². The van der Waals surface area contributed by atoms with Crippen molar-refractivity contribution in [2.75, 3.05) is 20.8 Å². The average molecular weight is 344 g/mol. The molecule has 8 nitrogen and oxygen atoms in total. The van der Waals surface area contributed by atoms with E-state index in [2.05, 4.69) is 15.5 Å². The minimum atomic E-state index is -0.207. The van der Waals surface area contributed by atoms with Gasteiger partial charge in [0.25, 0.3) is 5.91 Å². The van der Waals surface area contributed by atoms with Crippen molar-refractivity contribution in [3.63, 3.8) is 0 Å². The lowest BCUT2D eigenvalue weighted by molar-refractivity contribution is 0.0942. The molecule has 1 aromatic carbocycles. The average Bonchev–Trinajstić information content (AvgIpc) is 3.22. The number of aryl methyl sites for hydroxylation is 1. The summed E-state index contributed by atoms with van der Waals surface area (Å²) >= 11 is 0. The predicted octanol–water partition coefficient (Wildman–Crippen LogP) is 1.69. The van der Waals surface area contributed by atoms with Gasteiger partial charge in [-0.2, -0.15) is 4.98 Å². The number of hydrogen-bond acceptors (Lipinski definition) is 6. The van der Waals surface area contributed by atoms with Gasteiger partial charge in [0.15, 0.2) is 5.82 Å². The predicted molar refractivity (Wildman–Crippen MR) is 90.5 cm³/mol. The number of methoxy groups -OCH3 is 2. The van der Waals surface area contributed by atoms with Crippen LogP contribution in [0.25, 0.3) is 10.9 Å². The lowest BCUT2D eigenvalue weighted by Gasteiger charge is -2.04. The van der Waals surface area contributed by atoms with Crippen molar-refractivity contribution in [2.45, 2.75) is 13.0 Å². The van der Waals surface area contributed by atoms with Gasteiger partial charge < -0.3 is 23.9 Å². The number of benzene rings is 1. The second kappa shape index (κ2) is 7.35. The normalized spacial score (nSPS) is 11.0. The number of rotatable bonds is 7. The minimum Gasteiger partial charge on any atom is -0.497 e. The zero-order valence-corrected chi connectivity index (χ0v) is 14.4. The number of amides is 1. The molecule has 2 aromatic heterocycles. The molecule has 0 spiro atoms. The second-order valence-corrected chi connectivity index (χ2v) is 5.54. The summed E-state index contributed by atoms with van der Waals surface area (Å²) in [6.45, 7) is 0.702. The van der Waals surface area contributed by atoms with E-state index >= 15 is 0 Å². The lowest BCUT2D eigenvalue weighted by Crippen LogP contribution is -2.25. The molecule has 8 heteroatoms. The molecule has 0 radical (unpaired) electrons. The van der Waals surface area contributed by atoms with Crippen molar-refractivity contribution in [2.24, 2.45) is 7.05 Å². The summed E-state index contributed by atoms with van der Waals surface area (Å²) in [5.41, 5.74) is 1.50. The lowest BCUT2D eigenvalue weighted by atomic mass is 10.2. The topological polar surface area (TPSA) is 91.4 Å². The SMILES string of the molecule is COCCc1nc(CNC(=O)c2cc3cc(OC)ccc3n2C)no1. The Bertz CT molecular complexity index is 884. The van der Waals surface area contributed by atoms with E-state index in [0.29, 0.717) is 30.4 Å². The molecule has 0 unspecified atom stereocenters.